The molecule has 0 spiro atoms. The number of aliphatic carboxylic acids is 2. The summed E-state index contributed by atoms with van der Waals surface area (Å²) in [5.41, 5.74) is 0.664. The topological polar surface area (TPSA) is 211 Å². The Morgan fingerprint density at radius 3 is 2.10 bits per heavy atom. The SMILES string of the molecule is O=C(/C=C/c1ccc(O)c2c1[C@@H](C(=O)O)[C@@H](c1ccc(O)c(O)c1)O2)O[C@H](Cc1ccc(O)c(O)c1)C(=O)O. The van der Waals surface area contributed by atoms with Crippen LogP contribution in [0.2, 0.25) is 0 Å². The average molecular weight is 538 g/mol. The van der Waals surface area contributed by atoms with Gasteiger partial charge in [0.15, 0.2) is 34.5 Å². The highest BCUT2D eigenvalue weighted by molar-refractivity contribution is 5.91. The van der Waals surface area contributed by atoms with Crippen molar-refractivity contribution in [3.63, 3.8) is 0 Å². The minimum Gasteiger partial charge on any atom is -0.504 e. The molecule has 0 radical (unpaired) electrons. The second-order valence-corrected chi connectivity index (χ2v) is 8.64. The lowest BCUT2D eigenvalue weighted by Crippen LogP contribution is -2.28. The molecule has 0 unspecified atom stereocenters. The van der Waals surface area contributed by atoms with E-state index in [1.807, 2.05) is 0 Å². The summed E-state index contributed by atoms with van der Waals surface area (Å²) in [6.45, 7) is 0. The number of carboxylic acid groups (broad SMARTS) is 2. The van der Waals surface area contributed by atoms with Gasteiger partial charge in [-0.3, -0.25) is 4.79 Å². The van der Waals surface area contributed by atoms with Gasteiger partial charge in [-0.25, -0.2) is 9.59 Å². The molecule has 0 saturated heterocycles. The number of carbonyl (C=O) groups excluding carboxylic acids is 1. The molecule has 3 aromatic rings. The van der Waals surface area contributed by atoms with Gasteiger partial charge in [-0.05, 0) is 53.1 Å². The Hall–Kier alpha value is -5.39. The number of hydrogen-bond donors (Lipinski definition) is 7. The van der Waals surface area contributed by atoms with Crippen LogP contribution < -0.4 is 4.74 Å². The molecule has 0 amide bonds. The minimum absolute atomic E-state index is 0.0264. The first-order valence-corrected chi connectivity index (χ1v) is 11.4. The Labute approximate surface area is 219 Å². The average Bonchev–Trinajstić information content (AvgIpc) is 3.29. The fourth-order valence-electron chi connectivity index (χ4n) is 4.20. The molecule has 1 aliphatic rings. The molecule has 202 valence electrons. The summed E-state index contributed by atoms with van der Waals surface area (Å²) in [6.07, 6.45) is -1.09. The molecular formula is C27H22O12. The van der Waals surface area contributed by atoms with Gasteiger partial charge in [0.05, 0.1) is 0 Å². The van der Waals surface area contributed by atoms with Crippen LogP contribution in [0.5, 0.6) is 34.5 Å². The van der Waals surface area contributed by atoms with E-state index < -0.39 is 59.0 Å². The Morgan fingerprint density at radius 2 is 1.49 bits per heavy atom. The summed E-state index contributed by atoms with van der Waals surface area (Å²) in [5.74, 6) is -7.59. The second-order valence-electron chi connectivity index (χ2n) is 8.64. The third-order valence-electron chi connectivity index (χ3n) is 6.06. The van der Waals surface area contributed by atoms with Crippen LogP contribution in [0.1, 0.15) is 34.3 Å². The number of ether oxygens (including phenoxy) is 2. The predicted octanol–water partition coefficient (Wildman–Crippen LogP) is 2.77. The van der Waals surface area contributed by atoms with Crippen LogP contribution in [0.15, 0.2) is 54.6 Å². The van der Waals surface area contributed by atoms with E-state index in [1.54, 1.807) is 0 Å². The van der Waals surface area contributed by atoms with Gasteiger partial charge in [-0.15, -0.1) is 0 Å². The highest BCUT2D eigenvalue weighted by atomic mass is 16.6. The highest BCUT2D eigenvalue weighted by Gasteiger charge is 2.43. The molecule has 0 fully saturated rings. The number of fused-ring (bicyclic) bond motifs is 1. The van der Waals surface area contributed by atoms with Gasteiger partial charge in [0.2, 0.25) is 6.10 Å². The Morgan fingerprint density at radius 1 is 0.846 bits per heavy atom. The molecule has 4 rings (SSSR count). The van der Waals surface area contributed by atoms with E-state index in [1.165, 1.54) is 30.3 Å². The van der Waals surface area contributed by atoms with Crippen LogP contribution in [0.3, 0.4) is 0 Å². The Kier molecular flexibility index (Phi) is 7.20. The van der Waals surface area contributed by atoms with Crippen molar-refractivity contribution in [2.75, 3.05) is 0 Å². The summed E-state index contributed by atoms with van der Waals surface area (Å²) in [7, 11) is 0. The zero-order valence-electron chi connectivity index (χ0n) is 19.9. The van der Waals surface area contributed by atoms with Crippen molar-refractivity contribution in [1.82, 2.24) is 0 Å². The van der Waals surface area contributed by atoms with E-state index >= 15 is 0 Å². The molecule has 0 aliphatic carbocycles. The fraction of sp³-hybridized carbons (Fsp3) is 0.148. The van der Waals surface area contributed by atoms with Crippen molar-refractivity contribution in [3.8, 4) is 34.5 Å². The fourth-order valence-corrected chi connectivity index (χ4v) is 4.20. The maximum Gasteiger partial charge on any atom is 0.345 e. The monoisotopic (exact) mass is 538 g/mol. The van der Waals surface area contributed by atoms with E-state index in [9.17, 15) is 50.1 Å². The smallest absolute Gasteiger partial charge is 0.345 e. The first-order valence-electron chi connectivity index (χ1n) is 11.4. The van der Waals surface area contributed by atoms with Crippen molar-refractivity contribution in [2.45, 2.75) is 24.5 Å². The molecule has 7 N–H and O–H groups in total. The Bertz CT molecular complexity index is 1490. The Balaban J connectivity index is 1.59. The van der Waals surface area contributed by atoms with Gasteiger partial charge in [0, 0.05) is 18.1 Å². The van der Waals surface area contributed by atoms with Gasteiger partial charge < -0.3 is 45.2 Å². The molecule has 12 heteroatoms. The predicted molar refractivity (Wildman–Crippen MR) is 132 cm³/mol. The summed E-state index contributed by atoms with van der Waals surface area (Å²) in [4.78, 5) is 36.4. The molecule has 0 aromatic heterocycles. The summed E-state index contributed by atoms with van der Waals surface area (Å²) >= 11 is 0. The third-order valence-corrected chi connectivity index (χ3v) is 6.06. The second kappa shape index (κ2) is 10.5. The van der Waals surface area contributed by atoms with Gasteiger partial charge in [0.25, 0.3) is 0 Å². The standard InChI is InChI=1S/C27H22O12/c28-15-5-1-12(9-18(15)31)10-20(26(34)35)38-21(33)8-4-13-2-7-17(30)25-22(13)23(27(36)37)24(39-25)14-3-6-16(29)19(32)11-14/h1-9,11,20,23-24,28-32H,10H2,(H,34,35)(H,36,37)/b8-4+/t20-,23-,24-/m1/s1. The lowest BCUT2D eigenvalue weighted by atomic mass is 9.88. The lowest BCUT2D eigenvalue weighted by molar-refractivity contribution is -0.160. The number of hydrogen-bond acceptors (Lipinski definition) is 10. The van der Waals surface area contributed by atoms with E-state index in [-0.39, 0.29) is 40.2 Å². The van der Waals surface area contributed by atoms with Gasteiger partial charge in [-0.2, -0.15) is 0 Å². The molecule has 0 bridgehead atoms. The summed E-state index contributed by atoms with van der Waals surface area (Å²) < 4.78 is 10.8. The molecule has 1 aliphatic heterocycles. The van der Waals surface area contributed by atoms with Gasteiger partial charge in [-0.1, -0.05) is 18.2 Å². The van der Waals surface area contributed by atoms with Crippen LogP contribution in [0.25, 0.3) is 6.08 Å². The maximum atomic E-state index is 12.5. The van der Waals surface area contributed by atoms with Crippen LogP contribution in [-0.2, 0) is 25.5 Å². The number of rotatable bonds is 8. The zero-order chi connectivity index (χ0) is 28.4. The number of esters is 1. The summed E-state index contributed by atoms with van der Waals surface area (Å²) in [6, 6.07) is 9.83. The number of aromatic hydroxyl groups is 5. The lowest BCUT2D eigenvalue weighted by Gasteiger charge is -2.17. The first-order chi connectivity index (χ1) is 18.5. The van der Waals surface area contributed by atoms with Crippen LogP contribution in [-0.4, -0.2) is 59.8 Å². The number of carboxylic acids is 2. The number of carbonyl (C=O) groups is 3. The molecule has 3 aromatic carbocycles. The molecule has 12 nitrogen and oxygen atoms in total. The van der Waals surface area contributed by atoms with Crippen molar-refractivity contribution >= 4 is 24.0 Å². The van der Waals surface area contributed by atoms with Crippen LogP contribution in [0, 0.1) is 0 Å². The van der Waals surface area contributed by atoms with Gasteiger partial charge in [0.1, 0.15) is 12.0 Å². The van der Waals surface area contributed by atoms with E-state index in [2.05, 4.69) is 0 Å². The molecule has 3 atom stereocenters. The van der Waals surface area contributed by atoms with Crippen molar-refractivity contribution in [1.29, 1.82) is 0 Å². The highest BCUT2D eigenvalue weighted by Crippen LogP contribution is 2.52. The quantitative estimate of drug-likeness (QED) is 0.125. The first kappa shape index (κ1) is 26.7. The van der Waals surface area contributed by atoms with Crippen molar-refractivity contribution < 1.29 is 59.6 Å². The largest absolute Gasteiger partial charge is 0.504 e. The molecule has 0 saturated carbocycles. The number of benzene rings is 3. The molecule has 39 heavy (non-hydrogen) atoms. The molecule has 1 heterocycles. The van der Waals surface area contributed by atoms with E-state index in [4.69, 9.17) is 9.47 Å². The maximum absolute atomic E-state index is 12.5. The summed E-state index contributed by atoms with van der Waals surface area (Å²) in [5, 5.41) is 68.2. The number of phenols is 5. The minimum atomic E-state index is -1.64. The van der Waals surface area contributed by atoms with E-state index in [0.29, 0.717) is 0 Å². The van der Waals surface area contributed by atoms with Crippen molar-refractivity contribution in [3.05, 3.63) is 76.9 Å². The third kappa shape index (κ3) is 5.49. The van der Waals surface area contributed by atoms with Crippen LogP contribution >= 0.6 is 0 Å². The zero-order valence-corrected chi connectivity index (χ0v) is 19.9. The normalized spacial score (nSPS) is 16.8. The van der Waals surface area contributed by atoms with Crippen LogP contribution in [0.4, 0.5) is 0 Å². The van der Waals surface area contributed by atoms with Crippen molar-refractivity contribution in [2.24, 2.45) is 0 Å². The van der Waals surface area contributed by atoms with Gasteiger partial charge >= 0.3 is 17.9 Å². The van der Waals surface area contributed by atoms with E-state index in [0.717, 1.165) is 30.3 Å². The number of phenolic OH excluding ortho intramolecular Hbond substituents is 5. The molecular weight excluding hydrogens is 516 g/mol.